The van der Waals surface area contributed by atoms with Crippen molar-refractivity contribution in [1.29, 1.82) is 0 Å². The van der Waals surface area contributed by atoms with E-state index in [0.29, 0.717) is 11.5 Å². The number of carbonyl (C=O) groups excluding carboxylic acids is 1. The number of nitrogens with one attached hydrogen (secondary N) is 2. The fourth-order valence-electron chi connectivity index (χ4n) is 2.32. The van der Waals surface area contributed by atoms with Crippen molar-refractivity contribution in [2.75, 3.05) is 13.1 Å². The Bertz CT molecular complexity index is 422. The molecule has 0 radical (unpaired) electrons. The van der Waals surface area contributed by atoms with E-state index in [1.54, 1.807) is 12.1 Å². The Morgan fingerprint density at radius 2 is 2.39 bits per heavy atom. The summed E-state index contributed by atoms with van der Waals surface area (Å²) < 4.78 is 13.0. The molecule has 98 valence electrons. The predicted octanol–water partition coefficient (Wildman–Crippen LogP) is 1.48. The summed E-state index contributed by atoms with van der Waals surface area (Å²) in [6.45, 7) is 4.00. The minimum atomic E-state index is -0.296. The molecule has 1 amide bonds. The van der Waals surface area contributed by atoms with Crippen molar-refractivity contribution < 1.29 is 9.18 Å². The third kappa shape index (κ3) is 3.53. The standard InChI is InChI=1S/C14H19FN2O/c1-10-9-16-6-5-13(10)17-14(18)8-11-3-2-4-12(15)7-11/h2-4,7,10,13,16H,5-6,8-9H2,1H3,(H,17,18). The van der Waals surface area contributed by atoms with Crippen molar-refractivity contribution in [2.45, 2.75) is 25.8 Å². The lowest BCUT2D eigenvalue weighted by Crippen LogP contribution is -2.48. The zero-order valence-electron chi connectivity index (χ0n) is 10.6. The van der Waals surface area contributed by atoms with Crippen LogP contribution < -0.4 is 10.6 Å². The van der Waals surface area contributed by atoms with E-state index in [0.717, 1.165) is 19.5 Å². The molecule has 1 aliphatic heterocycles. The zero-order chi connectivity index (χ0) is 13.0. The average molecular weight is 250 g/mol. The number of rotatable bonds is 3. The van der Waals surface area contributed by atoms with Gasteiger partial charge in [-0.15, -0.1) is 0 Å². The Hall–Kier alpha value is -1.42. The number of hydrogen-bond acceptors (Lipinski definition) is 2. The van der Waals surface area contributed by atoms with Crippen LogP contribution in [0.3, 0.4) is 0 Å². The third-order valence-electron chi connectivity index (χ3n) is 3.39. The van der Waals surface area contributed by atoms with E-state index in [1.807, 2.05) is 0 Å². The van der Waals surface area contributed by atoms with Crippen LogP contribution in [0, 0.1) is 11.7 Å². The summed E-state index contributed by atoms with van der Waals surface area (Å²) in [6.07, 6.45) is 1.20. The smallest absolute Gasteiger partial charge is 0.224 e. The van der Waals surface area contributed by atoms with E-state index in [1.165, 1.54) is 12.1 Å². The number of carbonyl (C=O) groups is 1. The molecule has 1 aromatic carbocycles. The van der Waals surface area contributed by atoms with Crippen molar-refractivity contribution in [1.82, 2.24) is 10.6 Å². The average Bonchev–Trinajstić information content (AvgIpc) is 2.32. The molecule has 2 rings (SSSR count). The van der Waals surface area contributed by atoms with Gasteiger partial charge in [0, 0.05) is 6.04 Å². The lowest BCUT2D eigenvalue weighted by molar-refractivity contribution is -0.121. The first kappa shape index (κ1) is 13.0. The molecule has 1 fully saturated rings. The first-order chi connectivity index (χ1) is 8.65. The molecule has 3 nitrogen and oxygen atoms in total. The van der Waals surface area contributed by atoms with Crippen LogP contribution in [0.4, 0.5) is 4.39 Å². The Morgan fingerprint density at radius 3 is 3.11 bits per heavy atom. The summed E-state index contributed by atoms with van der Waals surface area (Å²) in [4.78, 5) is 11.9. The van der Waals surface area contributed by atoms with E-state index in [-0.39, 0.29) is 24.2 Å². The first-order valence-electron chi connectivity index (χ1n) is 6.39. The van der Waals surface area contributed by atoms with Crippen LogP contribution in [0.15, 0.2) is 24.3 Å². The van der Waals surface area contributed by atoms with E-state index in [4.69, 9.17) is 0 Å². The zero-order valence-corrected chi connectivity index (χ0v) is 10.6. The molecular formula is C14H19FN2O. The highest BCUT2D eigenvalue weighted by Gasteiger charge is 2.22. The third-order valence-corrected chi connectivity index (χ3v) is 3.39. The quantitative estimate of drug-likeness (QED) is 0.853. The fourth-order valence-corrected chi connectivity index (χ4v) is 2.32. The molecule has 1 aromatic rings. The van der Waals surface area contributed by atoms with Gasteiger partial charge in [0.25, 0.3) is 0 Å². The van der Waals surface area contributed by atoms with Gasteiger partial charge in [0.05, 0.1) is 6.42 Å². The molecule has 2 N–H and O–H groups in total. The molecule has 1 heterocycles. The van der Waals surface area contributed by atoms with E-state index in [2.05, 4.69) is 17.6 Å². The second kappa shape index (κ2) is 5.96. The highest BCUT2D eigenvalue weighted by atomic mass is 19.1. The monoisotopic (exact) mass is 250 g/mol. The topological polar surface area (TPSA) is 41.1 Å². The molecule has 2 unspecified atom stereocenters. The highest BCUT2D eigenvalue weighted by molar-refractivity contribution is 5.78. The second-order valence-electron chi connectivity index (χ2n) is 4.95. The number of piperidine rings is 1. The lowest BCUT2D eigenvalue weighted by atomic mass is 9.95. The van der Waals surface area contributed by atoms with Gasteiger partial charge in [0.2, 0.25) is 5.91 Å². The molecule has 0 aliphatic carbocycles. The van der Waals surface area contributed by atoms with Crippen LogP contribution in [0.1, 0.15) is 18.9 Å². The van der Waals surface area contributed by atoms with Crippen molar-refractivity contribution >= 4 is 5.91 Å². The van der Waals surface area contributed by atoms with Crippen molar-refractivity contribution in [3.05, 3.63) is 35.6 Å². The Labute approximate surface area is 107 Å². The highest BCUT2D eigenvalue weighted by Crippen LogP contribution is 2.11. The Balaban J connectivity index is 1.88. The number of hydrogen-bond donors (Lipinski definition) is 2. The SMILES string of the molecule is CC1CNCCC1NC(=O)Cc1cccc(F)c1. The number of amides is 1. The normalized spacial score (nSPS) is 23.7. The molecular weight excluding hydrogens is 231 g/mol. The van der Waals surface area contributed by atoms with Gasteiger partial charge in [-0.25, -0.2) is 4.39 Å². The molecule has 1 saturated heterocycles. The second-order valence-corrected chi connectivity index (χ2v) is 4.95. The Morgan fingerprint density at radius 1 is 1.56 bits per heavy atom. The van der Waals surface area contributed by atoms with Gasteiger partial charge >= 0.3 is 0 Å². The van der Waals surface area contributed by atoms with Crippen LogP contribution in [-0.2, 0) is 11.2 Å². The first-order valence-corrected chi connectivity index (χ1v) is 6.39. The van der Waals surface area contributed by atoms with Crippen molar-refractivity contribution in [2.24, 2.45) is 5.92 Å². The summed E-state index contributed by atoms with van der Waals surface area (Å²) in [6, 6.07) is 6.42. The van der Waals surface area contributed by atoms with Gasteiger partial charge in [-0.1, -0.05) is 19.1 Å². The fraction of sp³-hybridized carbons (Fsp3) is 0.500. The summed E-state index contributed by atoms with van der Waals surface area (Å²) in [5.74, 6) is 0.116. The maximum Gasteiger partial charge on any atom is 0.224 e. The van der Waals surface area contributed by atoms with Gasteiger partial charge in [-0.05, 0) is 43.1 Å². The molecule has 4 heteroatoms. The maximum absolute atomic E-state index is 13.0. The molecule has 1 aliphatic rings. The summed E-state index contributed by atoms with van der Waals surface area (Å²) in [5.41, 5.74) is 0.717. The van der Waals surface area contributed by atoms with Gasteiger partial charge in [0.15, 0.2) is 0 Å². The van der Waals surface area contributed by atoms with Crippen LogP contribution >= 0.6 is 0 Å². The minimum Gasteiger partial charge on any atom is -0.353 e. The summed E-state index contributed by atoms with van der Waals surface area (Å²) in [7, 11) is 0. The summed E-state index contributed by atoms with van der Waals surface area (Å²) in [5, 5.41) is 6.33. The number of halogens is 1. The lowest BCUT2D eigenvalue weighted by Gasteiger charge is -2.30. The summed E-state index contributed by atoms with van der Waals surface area (Å²) >= 11 is 0. The molecule has 0 spiro atoms. The van der Waals surface area contributed by atoms with E-state index in [9.17, 15) is 9.18 Å². The predicted molar refractivity (Wildman–Crippen MR) is 68.7 cm³/mol. The maximum atomic E-state index is 13.0. The minimum absolute atomic E-state index is 0.0284. The van der Waals surface area contributed by atoms with Crippen molar-refractivity contribution in [3.8, 4) is 0 Å². The van der Waals surface area contributed by atoms with E-state index >= 15 is 0 Å². The molecule has 18 heavy (non-hydrogen) atoms. The van der Waals surface area contributed by atoms with Crippen LogP contribution in [0.2, 0.25) is 0 Å². The molecule has 2 atom stereocenters. The van der Waals surface area contributed by atoms with Crippen molar-refractivity contribution in [3.63, 3.8) is 0 Å². The van der Waals surface area contributed by atoms with Crippen LogP contribution in [0.25, 0.3) is 0 Å². The molecule has 0 aromatic heterocycles. The molecule has 0 saturated carbocycles. The van der Waals surface area contributed by atoms with Gasteiger partial charge in [0.1, 0.15) is 5.82 Å². The van der Waals surface area contributed by atoms with Gasteiger partial charge < -0.3 is 10.6 Å². The Kier molecular flexibility index (Phi) is 4.31. The van der Waals surface area contributed by atoms with Crippen LogP contribution in [-0.4, -0.2) is 25.0 Å². The largest absolute Gasteiger partial charge is 0.353 e. The van der Waals surface area contributed by atoms with Crippen LogP contribution in [0.5, 0.6) is 0 Å². The number of benzene rings is 1. The van der Waals surface area contributed by atoms with E-state index < -0.39 is 0 Å². The van der Waals surface area contributed by atoms with Gasteiger partial charge in [-0.2, -0.15) is 0 Å². The van der Waals surface area contributed by atoms with Gasteiger partial charge in [-0.3, -0.25) is 4.79 Å². The molecule has 0 bridgehead atoms.